The Hall–Kier alpha value is -1.89. The van der Waals surface area contributed by atoms with Crippen molar-refractivity contribution >= 4 is 17.1 Å². The van der Waals surface area contributed by atoms with Crippen LogP contribution in [0.2, 0.25) is 0 Å². The number of hydrogen-bond donors (Lipinski definition) is 0. The van der Waals surface area contributed by atoms with E-state index in [9.17, 15) is 18.0 Å². The molecule has 0 bridgehead atoms. The van der Waals surface area contributed by atoms with Gasteiger partial charge in [-0.05, 0) is 24.3 Å². The van der Waals surface area contributed by atoms with Gasteiger partial charge >= 0.3 is 6.36 Å². The van der Waals surface area contributed by atoms with Crippen LogP contribution in [0.15, 0.2) is 29.6 Å². The summed E-state index contributed by atoms with van der Waals surface area (Å²) in [5, 5.41) is 2.04. The number of Topliss-reactive ketones (excluding diaryl/α,β-unsaturated/α-hetero) is 1. The molecule has 0 spiro atoms. The molecule has 0 unspecified atom stereocenters. The molecule has 1 aromatic heterocycles. The van der Waals surface area contributed by atoms with Gasteiger partial charge in [-0.2, -0.15) is 0 Å². The second-order valence-electron chi connectivity index (χ2n) is 3.67. The van der Waals surface area contributed by atoms with Crippen LogP contribution in [0, 0.1) is 0 Å². The molecule has 0 amide bonds. The molecule has 19 heavy (non-hydrogen) atoms. The van der Waals surface area contributed by atoms with Crippen LogP contribution >= 0.6 is 11.3 Å². The molecule has 2 rings (SSSR count). The summed E-state index contributed by atoms with van der Waals surface area (Å²) < 4.78 is 39.7. The molecule has 0 radical (unpaired) electrons. The van der Waals surface area contributed by atoms with Crippen LogP contribution in [-0.2, 0) is 0 Å². The van der Waals surface area contributed by atoms with Crippen molar-refractivity contribution in [2.24, 2.45) is 0 Å². The number of alkyl halides is 3. The minimum absolute atomic E-state index is 0.145. The van der Waals surface area contributed by atoms with Crippen molar-refractivity contribution in [3.63, 3.8) is 0 Å². The van der Waals surface area contributed by atoms with E-state index in [-0.39, 0.29) is 11.5 Å². The zero-order chi connectivity index (χ0) is 14.0. The fourth-order valence-electron chi connectivity index (χ4n) is 1.40. The van der Waals surface area contributed by atoms with E-state index in [1.54, 1.807) is 5.38 Å². The lowest BCUT2D eigenvalue weighted by atomic mass is 10.2. The van der Waals surface area contributed by atoms with Gasteiger partial charge in [0.2, 0.25) is 0 Å². The van der Waals surface area contributed by atoms with Crippen LogP contribution < -0.4 is 4.74 Å². The lowest BCUT2D eigenvalue weighted by Crippen LogP contribution is -2.16. The zero-order valence-corrected chi connectivity index (χ0v) is 10.5. The lowest BCUT2D eigenvalue weighted by molar-refractivity contribution is -0.274. The zero-order valence-electron chi connectivity index (χ0n) is 9.69. The highest BCUT2D eigenvalue weighted by Crippen LogP contribution is 2.27. The highest BCUT2D eigenvalue weighted by atomic mass is 32.1. The third kappa shape index (κ3) is 3.54. The molecule has 1 heterocycles. The summed E-state index contributed by atoms with van der Waals surface area (Å²) in [6.07, 6.45) is -4.70. The van der Waals surface area contributed by atoms with Crippen molar-refractivity contribution in [3.8, 4) is 17.0 Å². The number of thiazole rings is 1. The predicted octanol–water partition coefficient (Wildman–Crippen LogP) is 3.91. The molecule has 1 aromatic carbocycles. The highest BCUT2D eigenvalue weighted by molar-refractivity contribution is 7.12. The quantitative estimate of drug-likeness (QED) is 0.803. The normalized spacial score (nSPS) is 11.4. The predicted molar refractivity (Wildman–Crippen MR) is 64.2 cm³/mol. The third-order valence-electron chi connectivity index (χ3n) is 2.19. The van der Waals surface area contributed by atoms with Crippen molar-refractivity contribution in [2.45, 2.75) is 13.3 Å². The third-order valence-corrected chi connectivity index (χ3v) is 3.13. The Kier molecular flexibility index (Phi) is 3.57. The molecule has 3 nitrogen and oxygen atoms in total. The number of halogens is 3. The van der Waals surface area contributed by atoms with E-state index in [0.29, 0.717) is 16.3 Å². The number of carbonyl (C=O) groups is 1. The number of hydrogen-bond acceptors (Lipinski definition) is 4. The standard InChI is InChI=1S/C12H8F3NO2S/c1-7(17)11-16-10(6-19-11)8-2-4-9(5-3-8)18-12(13,14)15/h2-6H,1H3. The Labute approximate surface area is 110 Å². The summed E-state index contributed by atoms with van der Waals surface area (Å²) in [5.74, 6) is -0.438. The maximum Gasteiger partial charge on any atom is 0.573 e. The summed E-state index contributed by atoms with van der Waals surface area (Å²) in [4.78, 5) is 15.2. The Morgan fingerprint density at radius 2 is 1.89 bits per heavy atom. The lowest BCUT2D eigenvalue weighted by Gasteiger charge is -2.08. The van der Waals surface area contributed by atoms with Gasteiger partial charge in [-0.15, -0.1) is 24.5 Å². The van der Waals surface area contributed by atoms with E-state index in [0.717, 1.165) is 0 Å². The molecule has 0 aliphatic carbocycles. The second-order valence-corrected chi connectivity index (χ2v) is 4.52. The van der Waals surface area contributed by atoms with Gasteiger partial charge < -0.3 is 4.74 Å². The average Bonchev–Trinajstić information content (AvgIpc) is 2.77. The number of rotatable bonds is 3. The number of ketones is 1. The molecule has 0 saturated carbocycles. The van der Waals surface area contributed by atoms with Gasteiger partial charge in [0.15, 0.2) is 10.8 Å². The number of nitrogens with zero attached hydrogens (tertiary/aromatic N) is 1. The first kappa shape index (κ1) is 13.5. The average molecular weight is 287 g/mol. The summed E-state index contributed by atoms with van der Waals surface area (Å²) in [7, 11) is 0. The van der Waals surface area contributed by atoms with Crippen molar-refractivity contribution in [1.29, 1.82) is 0 Å². The molecule has 0 aliphatic heterocycles. The first-order valence-electron chi connectivity index (χ1n) is 5.18. The SMILES string of the molecule is CC(=O)c1nc(-c2ccc(OC(F)(F)F)cc2)cs1. The van der Waals surface area contributed by atoms with Gasteiger partial charge in [-0.25, -0.2) is 4.98 Å². The summed E-state index contributed by atoms with van der Waals surface area (Å²) in [6, 6.07) is 5.32. The van der Waals surface area contributed by atoms with Crippen molar-refractivity contribution in [1.82, 2.24) is 4.98 Å². The van der Waals surface area contributed by atoms with E-state index in [4.69, 9.17) is 0 Å². The Bertz CT molecular complexity index is 590. The summed E-state index contributed by atoms with van der Waals surface area (Å²) in [6.45, 7) is 1.41. The van der Waals surface area contributed by atoms with E-state index in [1.165, 1.54) is 42.5 Å². The number of aromatic nitrogens is 1. The minimum Gasteiger partial charge on any atom is -0.406 e. The van der Waals surface area contributed by atoms with E-state index in [2.05, 4.69) is 9.72 Å². The molecule has 0 atom stereocenters. The summed E-state index contributed by atoms with van der Waals surface area (Å²) in [5.41, 5.74) is 1.17. The monoisotopic (exact) mass is 287 g/mol. The van der Waals surface area contributed by atoms with Gasteiger partial charge in [-0.1, -0.05) is 0 Å². The molecule has 2 aromatic rings. The first-order valence-corrected chi connectivity index (χ1v) is 6.06. The first-order chi connectivity index (χ1) is 8.85. The van der Waals surface area contributed by atoms with Crippen LogP contribution in [0.3, 0.4) is 0 Å². The molecule has 0 N–H and O–H groups in total. The fraction of sp³-hybridized carbons (Fsp3) is 0.167. The number of carbonyl (C=O) groups excluding carboxylic acids is 1. The Morgan fingerprint density at radius 1 is 1.26 bits per heavy atom. The molecule has 0 saturated heterocycles. The van der Waals surface area contributed by atoms with Crippen molar-refractivity contribution in [2.75, 3.05) is 0 Å². The second kappa shape index (κ2) is 5.00. The van der Waals surface area contributed by atoms with Gasteiger partial charge in [0.25, 0.3) is 0 Å². The number of benzene rings is 1. The Balaban J connectivity index is 2.20. The van der Waals surface area contributed by atoms with E-state index in [1.807, 2.05) is 0 Å². The summed E-state index contributed by atoms with van der Waals surface area (Å²) >= 11 is 1.19. The van der Waals surface area contributed by atoms with E-state index < -0.39 is 6.36 Å². The Morgan fingerprint density at radius 3 is 2.37 bits per heavy atom. The maximum atomic E-state index is 12.0. The van der Waals surface area contributed by atoms with Gasteiger partial charge in [-0.3, -0.25) is 4.79 Å². The van der Waals surface area contributed by atoms with Crippen LogP contribution in [-0.4, -0.2) is 17.1 Å². The van der Waals surface area contributed by atoms with Gasteiger partial charge in [0, 0.05) is 17.9 Å². The topological polar surface area (TPSA) is 39.2 Å². The molecular weight excluding hydrogens is 279 g/mol. The molecule has 0 aliphatic rings. The van der Waals surface area contributed by atoms with Gasteiger partial charge in [0.1, 0.15) is 5.75 Å². The van der Waals surface area contributed by atoms with E-state index >= 15 is 0 Å². The van der Waals surface area contributed by atoms with Gasteiger partial charge in [0.05, 0.1) is 5.69 Å². The minimum atomic E-state index is -4.70. The smallest absolute Gasteiger partial charge is 0.406 e. The molecule has 7 heteroatoms. The van der Waals surface area contributed by atoms with Crippen LogP contribution in [0.1, 0.15) is 16.7 Å². The largest absolute Gasteiger partial charge is 0.573 e. The highest BCUT2D eigenvalue weighted by Gasteiger charge is 2.30. The molecule has 0 fully saturated rings. The van der Waals surface area contributed by atoms with Crippen LogP contribution in [0.5, 0.6) is 5.75 Å². The van der Waals surface area contributed by atoms with Crippen LogP contribution in [0.4, 0.5) is 13.2 Å². The van der Waals surface area contributed by atoms with Crippen molar-refractivity contribution < 1.29 is 22.7 Å². The maximum absolute atomic E-state index is 12.0. The molecule has 100 valence electrons. The molecular formula is C12H8F3NO2S. The van der Waals surface area contributed by atoms with Crippen LogP contribution in [0.25, 0.3) is 11.3 Å². The van der Waals surface area contributed by atoms with Crippen molar-refractivity contribution in [3.05, 3.63) is 34.7 Å². The number of ether oxygens (including phenoxy) is 1. The fourth-order valence-corrected chi connectivity index (χ4v) is 2.12.